The molecular weight excluding hydrogens is 486 g/mol. The SMILES string of the molecule is CCOC(=O)c1c(NC(=O)c2ccc3c(c2Cl)C(=O)c2ccccc2C3=O)sc2c1CC[C@@H](C)C2. The molecule has 1 heterocycles. The number of amides is 1. The van der Waals surface area contributed by atoms with Crippen molar-refractivity contribution in [1.29, 1.82) is 0 Å². The summed E-state index contributed by atoms with van der Waals surface area (Å²) >= 11 is 7.94. The molecule has 0 aliphatic heterocycles. The third kappa shape index (κ3) is 3.89. The highest BCUT2D eigenvalue weighted by molar-refractivity contribution is 7.17. The van der Waals surface area contributed by atoms with Crippen molar-refractivity contribution in [2.45, 2.75) is 33.1 Å². The lowest BCUT2D eigenvalue weighted by Gasteiger charge is -2.19. The van der Waals surface area contributed by atoms with E-state index >= 15 is 0 Å². The number of halogens is 1. The quantitative estimate of drug-likeness (QED) is 0.356. The summed E-state index contributed by atoms with van der Waals surface area (Å²) in [6, 6.07) is 9.44. The topological polar surface area (TPSA) is 89.5 Å². The maximum Gasteiger partial charge on any atom is 0.341 e. The maximum absolute atomic E-state index is 13.3. The molecule has 8 heteroatoms. The Balaban J connectivity index is 1.53. The first-order chi connectivity index (χ1) is 16.8. The van der Waals surface area contributed by atoms with E-state index in [-0.39, 0.29) is 39.7 Å². The lowest BCUT2D eigenvalue weighted by atomic mass is 9.83. The highest BCUT2D eigenvalue weighted by Crippen LogP contribution is 2.41. The number of carbonyl (C=O) groups excluding carboxylic acids is 4. The fraction of sp³-hybridized carbons (Fsp3) is 0.259. The zero-order chi connectivity index (χ0) is 24.9. The second kappa shape index (κ2) is 9.06. The van der Waals surface area contributed by atoms with Crippen molar-refractivity contribution >= 4 is 51.4 Å². The van der Waals surface area contributed by atoms with Gasteiger partial charge in [0.05, 0.1) is 28.3 Å². The second-order valence-electron chi connectivity index (χ2n) is 8.78. The van der Waals surface area contributed by atoms with Crippen molar-refractivity contribution in [3.8, 4) is 0 Å². The standard InChI is InChI=1S/C27H22ClNO5S/c1-3-34-27(33)21-16-9-8-13(2)12-19(16)35-26(21)29-25(32)18-11-10-17-20(22(18)28)24(31)15-7-5-4-6-14(15)23(17)30/h4-7,10-11,13H,3,8-9,12H2,1-2H3,(H,29,32)/t13-/m1/s1. The summed E-state index contributed by atoms with van der Waals surface area (Å²) in [4.78, 5) is 53.3. The van der Waals surface area contributed by atoms with E-state index in [1.807, 2.05) is 0 Å². The maximum atomic E-state index is 13.3. The average Bonchev–Trinajstić information content (AvgIpc) is 3.19. The number of benzene rings is 2. The molecule has 0 saturated carbocycles. The summed E-state index contributed by atoms with van der Waals surface area (Å²) in [5, 5.41) is 3.16. The molecule has 5 rings (SSSR count). The Morgan fingerprint density at radius 1 is 1.09 bits per heavy atom. The number of thiophene rings is 1. The lowest BCUT2D eigenvalue weighted by Crippen LogP contribution is -2.23. The average molecular weight is 508 g/mol. The third-order valence-electron chi connectivity index (χ3n) is 6.49. The van der Waals surface area contributed by atoms with Gasteiger partial charge >= 0.3 is 5.97 Å². The number of carbonyl (C=O) groups is 4. The highest BCUT2D eigenvalue weighted by atomic mass is 35.5. The Morgan fingerprint density at radius 3 is 2.51 bits per heavy atom. The number of ketones is 2. The molecule has 1 amide bonds. The highest BCUT2D eigenvalue weighted by Gasteiger charge is 2.34. The Morgan fingerprint density at radius 2 is 1.80 bits per heavy atom. The van der Waals surface area contributed by atoms with Crippen LogP contribution in [0.15, 0.2) is 36.4 Å². The molecule has 2 aromatic carbocycles. The minimum absolute atomic E-state index is 0.0212. The van der Waals surface area contributed by atoms with Crippen LogP contribution < -0.4 is 5.32 Å². The van der Waals surface area contributed by atoms with Crippen molar-refractivity contribution in [1.82, 2.24) is 0 Å². The van der Waals surface area contributed by atoms with E-state index in [1.54, 1.807) is 31.2 Å². The van der Waals surface area contributed by atoms with Crippen LogP contribution in [0.1, 0.15) is 83.3 Å². The molecule has 0 spiro atoms. The molecule has 0 saturated heterocycles. The van der Waals surface area contributed by atoms with Gasteiger partial charge in [-0.3, -0.25) is 14.4 Å². The van der Waals surface area contributed by atoms with Gasteiger partial charge in [-0.1, -0.05) is 42.8 Å². The van der Waals surface area contributed by atoms with Crippen molar-refractivity contribution < 1.29 is 23.9 Å². The normalized spacial score (nSPS) is 16.3. The van der Waals surface area contributed by atoms with E-state index in [1.165, 1.54) is 23.5 Å². The summed E-state index contributed by atoms with van der Waals surface area (Å²) < 4.78 is 5.27. The van der Waals surface area contributed by atoms with E-state index in [0.29, 0.717) is 22.0 Å². The van der Waals surface area contributed by atoms with Gasteiger partial charge in [-0.25, -0.2) is 4.79 Å². The number of fused-ring (bicyclic) bond motifs is 3. The zero-order valence-corrected chi connectivity index (χ0v) is 20.8. The van der Waals surface area contributed by atoms with E-state index < -0.39 is 17.7 Å². The fourth-order valence-electron chi connectivity index (χ4n) is 4.75. The Hall–Kier alpha value is -3.29. The summed E-state index contributed by atoms with van der Waals surface area (Å²) in [6.07, 6.45) is 2.53. The zero-order valence-electron chi connectivity index (χ0n) is 19.2. The molecule has 1 aromatic heterocycles. The van der Waals surface area contributed by atoms with Crippen LogP contribution in [0.3, 0.4) is 0 Å². The Bertz CT molecular complexity index is 1420. The van der Waals surface area contributed by atoms with Gasteiger partial charge in [0, 0.05) is 21.6 Å². The van der Waals surface area contributed by atoms with Gasteiger partial charge in [-0.05, 0) is 49.8 Å². The lowest BCUT2D eigenvalue weighted by molar-refractivity contribution is 0.0526. The molecule has 2 aliphatic carbocycles. The van der Waals surface area contributed by atoms with Crippen molar-refractivity contribution in [3.05, 3.63) is 85.2 Å². The fourth-order valence-corrected chi connectivity index (χ4v) is 6.48. The summed E-state index contributed by atoms with van der Waals surface area (Å²) in [7, 11) is 0. The molecule has 0 unspecified atom stereocenters. The van der Waals surface area contributed by atoms with Gasteiger partial charge in [-0.15, -0.1) is 11.3 Å². The molecule has 178 valence electrons. The molecule has 35 heavy (non-hydrogen) atoms. The van der Waals surface area contributed by atoms with Crippen LogP contribution in [0.2, 0.25) is 5.02 Å². The number of nitrogens with one attached hydrogen (secondary N) is 1. The molecule has 6 nitrogen and oxygen atoms in total. The molecular formula is C27H22ClNO5S. The van der Waals surface area contributed by atoms with E-state index in [9.17, 15) is 19.2 Å². The number of hydrogen-bond acceptors (Lipinski definition) is 6. The van der Waals surface area contributed by atoms with Crippen LogP contribution in [0, 0.1) is 5.92 Å². The molecule has 2 aliphatic rings. The van der Waals surface area contributed by atoms with Crippen LogP contribution in [0.4, 0.5) is 5.00 Å². The van der Waals surface area contributed by atoms with Crippen molar-refractivity contribution in [2.24, 2.45) is 5.92 Å². The van der Waals surface area contributed by atoms with Crippen LogP contribution in [-0.2, 0) is 17.6 Å². The number of esters is 1. The monoisotopic (exact) mass is 507 g/mol. The van der Waals surface area contributed by atoms with E-state index in [4.69, 9.17) is 16.3 Å². The smallest absolute Gasteiger partial charge is 0.341 e. The van der Waals surface area contributed by atoms with Gasteiger partial charge in [0.1, 0.15) is 5.00 Å². The number of anilines is 1. The minimum atomic E-state index is -0.561. The van der Waals surface area contributed by atoms with Gasteiger partial charge < -0.3 is 10.1 Å². The van der Waals surface area contributed by atoms with Crippen molar-refractivity contribution in [3.63, 3.8) is 0 Å². The Kier molecular flexibility index (Phi) is 6.07. The van der Waals surface area contributed by atoms with Gasteiger partial charge in [-0.2, -0.15) is 0 Å². The summed E-state index contributed by atoms with van der Waals surface area (Å²) in [6.45, 7) is 4.12. The second-order valence-corrected chi connectivity index (χ2v) is 10.3. The predicted molar refractivity (Wildman–Crippen MR) is 134 cm³/mol. The molecule has 0 bridgehead atoms. The number of ether oxygens (including phenoxy) is 1. The molecule has 1 N–H and O–H groups in total. The summed E-state index contributed by atoms with van der Waals surface area (Å²) in [5.41, 5.74) is 2.14. The molecule has 3 aromatic rings. The van der Waals surface area contributed by atoms with Gasteiger partial charge in [0.15, 0.2) is 11.6 Å². The minimum Gasteiger partial charge on any atom is -0.462 e. The first-order valence-corrected chi connectivity index (χ1v) is 12.6. The van der Waals surface area contributed by atoms with E-state index in [2.05, 4.69) is 12.2 Å². The summed E-state index contributed by atoms with van der Waals surface area (Å²) in [5.74, 6) is -1.25. The Labute approximate surface area is 211 Å². The third-order valence-corrected chi connectivity index (χ3v) is 8.06. The first kappa shape index (κ1) is 23.5. The van der Waals surface area contributed by atoms with E-state index in [0.717, 1.165) is 29.7 Å². The number of rotatable bonds is 4. The predicted octanol–water partition coefficient (Wildman–Crippen LogP) is 5.73. The van der Waals surface area contributed by atoms with Crippen molar-refractivity contribution in [2.75, 3.05) is 11.9 Å². The molecule has 0 fully saturated rings. The molecule has 1 atom stereocenters. The largest absolute Gasteiger partial charge is 0.462 e. The van der Waals surface area contributed by atoms with Crippen LogP contribution >= 0.6 is 22.9 Å². The number of hydrogen-bond donors (Lipinski definition) is 1. The first-order valence-electron chi connectivity index (χ1n) is 11.5. The van der Waals surface area contributed by atoms with Crippen LogP contribution in [0.25, 0.3) is 0 Å². The van der Waals surface area contributed by atoms with Crippen LogP contribution in [0.5, 0.6) is 0 Å². The van der Waals surface area contributed by atoms with Gasteiger partial charge in [0.2, 0.25) is 0 Å². The van der Waals surface area contributed by atoms with Crippen LogP contribution in [-0.4, -0.2) is 30.0 Å². The van der Waals surface area contributed by atoms with Gasteiger partial charge in [0.25, 0.3) is 5.91 Å². The molecule has 0 radical (unpaired) electrons.